The number of hydrogen-bond donors (Lipinski definition) is 2. The zero-order valence-electron chi connectivity index (χ0n) is 10.8. The van der Waals surface area contributed by atoms with Crippen LogP contribution in [0.4, 0.5) is 4.39 Å². The van der Waals surface area contributed by atoms with Crippen molar-refractivity contribution in [2.75, 3.05) is 0 Å². The molecular formula is C15H10FN3O2. The van der Waals surface area contributed by atoms with Gasteiger partial charge in [-0.3, -0.25) is 9.59 Å². The van der Waals surface area contributed by atoms with Gasteiger partial charge in [-0.25, -0.2) is 4.39 Å². The van der Waals surface area contributed by atoms with Crippen molar-refractivity contribution in [1.82, 2.24) is 0 Å². The summed E-state index contributed by atoms with van der Waals surface area (Å²) in [5, 5.41) is 8.73. The molecule has 2 rings (SSSR count). The van der Waals surface area contributed by atoms with Crippen LogP contribution in [0.1, 0.15) is 26.3 Å². The monoisotopic (exact) mass is 283 g/mol. The number of nitrogens with zero attached hydrogens (tertiary/aromatic N) is 1. The molecule has 0 fully saturated rings. The molecule has 0 aromatic heterocycles. The maximum absolute atomic E-state index is 13.7. The first kappa shape index (κ1) is 14.2. The molecule has 0 heterocycles. The summed E-state index contributed by atoms with van der Waals surface area (Å²) in [5.74, 6) is -2.29. The van der Waals surface area contributed by atoms with Gasteiger partial charge in [0, 0.05) is 16.7 Å². The second-order valence-electron chi connectivity index (χ2n) is 4.26. The molecule has 0 spiro atoms. The van der Waals surface area contributed by atoms with Crippen LogP contribution >= 0.6 is 0 Å². The number of amides is 2. The first-order chi connectivity index (χ1) is 9.95. The molecule has 0 saturated heterocycles. The number of halogens is 1. The largest absolute Gasteiger partial charge is 0.366 e. The van der Waals surface area contributed by atoms with Crippen LogP contribution in [0.25, 0.3) is 11.1 Å². The lowest BCUT2D eigenvalue weighted by Crippen LogP contribution is -2.18. The van der Waals surface area contributed by atoms with Crippen molar-refractivity contribution in [3.63, 3.8) is 0 Å². The minimum Gasteiger partial charge on any atom is -0.366 e. The third-order valence-corrected chi connectivity index (χ3v) is 2.97. The molecule has 0 bridgehead atoms. The Balaban J connectivity index is 2.78. The molecule has 0 aliphatic carbocycles. The van der Waals surface area contributed by atoms with Crippen LogP contribution in [-0.2, 0) is 0 Å². The Hall–Kier alpha value is -3.20. The second-order valence-corrected chi connectivity index (χ2v) is 4.26. The molecule has 5 nitrogen and oxygen atoms in total. The maximum atomic E-state index is 13.7. The van der Waals surface area contributed by atoms with Gasteiger partial charge in [-0.1, -0.05) is 12.1 Å². The zero-order chi connectivity index (χ0) is 15.6. The molecule has 0 aliphatic heterocycles. The van der Waals surface area contributed by atoms with E-state index in [0.29, 0.717) is 0 Å². The van der Waals surface area contributed by atoms with Gasteiger partial charge in [-0.2, -0.15) is 5.26 Å². The van der Waals surface area contributed by atoms with Gasteiger partial charge in [0.25, 0.3) is 0 Å². The third-order valence-electron chi connectivity index (χ3n) is 2.97. The minimum absolute atomic E-state index is 0.0513. The Bertz CT molecular complexity index is 762. The van der Waals surface area contributed by atoms with E-state index in [4.69, 9.17) is 16.7 Å². The summed E-state index contributed by atoms with van der Waals surface area (Å²) in [7, 11) is 0. The molecule has 2 aromatic rings. The number of nitrogens with two attached hydrogens (primary N) is 2. The number of benzene rings is 2. The van der Waals surface area contributed by atoms with E-state index in [9.17, 15) is 14.0 Å². The lowest BCUT2D eigenvalue weighted by Gasteiger charge is -2.11. The number of nitriles is 1. The van der Waals surface area contributed by atoms with E-state index in [1.165, 1.54) is 30.3 Å². The van der Waals surface area contributed by atoms with Crippen molar-refractivity contribution >= 4 is 11.8 Å². The Morgan fingerprint density at radius 2 is 1.62 bits per heavy atom. The highest BCUT2D eigenvalue weighted by atomic mass is 19.1. The van der Waals surface area contributed by atoms with Crippen molar-refractivity contribution in [3.05, 3.63) is 58.9 Å². The highest BCUT2D eigenvalue weighted by molar-refractivity contribution is 6.08. The van der Waals surface area contributed by atoms with E-state index in [1.54, 1.807) is 6.07 Å². The Morgan fingerprint density at radius 3 is 2.05 bits per heavy atom. The van der Waals surface area contributed by atoms with E-state index in [1.807, 2.05) is 0 Å². The minimum atomic E-state index is -0.766. The maximum Gasteiger partial charge on any atom is 0.249 e. The van der Waals surface area contributed by atoms with Crippen LogP contribution < -0.4 is 11.5 Å². The highest BCUT2D eigenvalue weighted by Gasteiger charge is 2.18. The fourth-order valence-corrected chi connectivity index (χ4v) is 2.04. The first-order valence-electron chi connectivity index (χ1n) is 5.88. The molecule has 4 N–H and O–H groups in total. The van der Waals surface area contributed by atoms with E-state index in [-0.39, 0.29) is 27.8 Å². The average molecular weight is 283 g/mol. The molecule has 0 aliphatic rings. The number of rotatable bonds is 3. The molecule has 2 aromatic carbocycles. The normalized spacial score (nSPS) is 9.90. The topological polar surface area (TPSA) is 110 Å². The number of hydrogen-bond acceptors (Lipinski definition) is 3. The predicted octanol–water partition coefficient (Wildman–Crippen LogP) is 1.56. The van der Waals surface area contributed by atoms with Gasteiger partial charge in [0.15, 0.2) is 0 Å². The summed E-state index contributed by atoms with van der Waals surface area (Å²) in [6, 6.07) is 9.73. The Kier molecular flexibility index (Phi) is 3.67. The molecule has 6 heteroatoms. The number of primary amides is 2. The number of carbonyl (C=O) groups excluding carboxylic acids is 2. The molecule has 0 atom stereocenters. The fraction of sp³-hybridized carbons (Fsp3) is 0. The van der Waals surface area contributed by atoms with Crippen LogP contribution in [0.15, 0.2) is 36.4 Å². The molecule has 104 valence electrons. The highest BCUT2D eigenvalue weighted by Crippen LogP contribution is 2.29. The summed E-state index contributed by atoms with van der Waals surface area (Å²) < 4.78 is 13.7. The van der Waals surface area contributed by atoms with Crippen molar-refractivity contribution in [3.8, 4) is 17.2 Å². The zero-order valence-corrected chi connectivity index (χ0v) is 10.8. The summed E-state index contributed by atoms with van der Waals surface area (Å²) in [5.41, 5.74) is 10.9. The van der Waals surface area contributed by atoms with Gasteiger partial charge in [-0.15, -0.1) is 0 Å². The molecule has 0 radical (unpaired) electrons. The van der Waals surface area contributed by atoms with Gasteiger partial charge >= 0.3 is 0 Å². The summed E-state index contributed by atoms with van der Waals surface area (Å²) in [6.45, 7) is 0. The van der Waals surface area contributed by atoms with E-state index in [0.717, 1.165) is 6.07 Å². The van der Waals surface area contributed by atoms with Crippen LogP contribution in [0, 0.1) is 17.1 Å². The summed E-state index contributed by atoms with van der Waals surface area (Å²) >= 11 is 0. The number of carbonyl (C=O) groups is 2. The first-order valence-corrected chi connectivity index (χ1v) is 5.88. The molecular weight excluding hydrogens is 273 g/mol. The van der Waals surface area contributed by atoms with Crippen LogP contribution in [0.2, 0.25) is 0 Å². The smallest absolute Gasteiger partial charge is 0.249 e. The van der Waals surface area contributed by atoms with Gasteiger partial charge < -0.3 is 11.5 Å². The van der Waals surface area contributed by atoms with Crippen molar-refractivity contribution < 1.29 is 14.0 Å². The van der Waals surface area contributed by atoms with Gasteiger partial charge in [-0.05, 0) is 29.8 Å². The van der Waals surface area contributed by atoms with Crippen LogP contribution in [-0.4, -0.2) is 11.8 Å². The van der Waals surface area contributed by atoms with Gasteiger partial charge in [0.05, 0.1) is 5.56 Å². The third kappa shape index (κ3) is 2.58. The van der Waals surface area contributed by atoms with Crippen molar-refractivity contribution in [1.29, 1.82) is 5.26 Å². The lowest BCUT2D eigenvalue weighted by molar-refractivity contribution is 0.0999. The van der Waals surface area contributed by atoms with E-state index in [2.05, 4.69) is 0 Å². The van der Waals surface area contributed by atoms with Crippen molar-refractivity contribution in [2.24, 2.45) is 11.5 Å². The summed E-state index contributed by atoms with van der Waals surface area (Å²) in [6.07, 6.45) is 0. The molecule has 0 saturated carbocycles. The molecule has 0 unspecified atom stereocenters. The lowest BCUT2D eigenvalue weighted by atomic mass is 9.93. The SMILES string of the molecule is N#Cc1ccc(-c2c(C(N)=O)cccc2C(N)=O)cc1F. The molecule has 21 heavy (non-hydrogen) atoms. The molecule has 2 amide bonds. The Labute approximate surface area is 119 Å². The standard InChI is InChI=1S/C15H10FN3O2/c16-12-6-8(4-5-9(12)7-17)13-10(14(18)20)2-1-3-11(13)15(19)21/h1-6H,(H2,18,20)(H2,19,21). The predicted molar refractivity (Wildman–Crippen MR) is 73.6 cm³/mol. The average Bonchev–Trinajstić information content (AvgIpc) is 2.46. The van der Waals surface area contributed by atoms with Gasteiger partial charge in [0.2, 0.25) is 11.8 Å². The fourth-order valence-electron chi connectivity index (χ4n) is 2.04. The summed E-state index contributed by atoms with van der Waals surface area (Å²) in [4.78, 5) is 23.0. The van der Waals surface area contributed by atoms with Crippen LogP contribution in [0.5, 0.6) is 0 Å². The van der Waals surface area contributed by atoms with E-state index < -0.39 is 17.6 Å². The second kappa shape index (κ2) is 5.43. The Morgan fingerprint density at radius 1 is 1.05 bits per heavy atom. The van der Waals surface area contributed by atoms with Gasteiger partial charge in [0.1, 0.15) is 11.9 Å². The van der Waals surface area contributed by atoms with E-state index >= 15 is 0 Å². The quantitative estimate of drug-likeness (QED) is 0.891. The van der Waals surface area contributed by atoms with Crippen molar-refractivity contribution in [2.45, 2.75) is 0 Å². The van der Waals surface area contributed by atoms with Crippen LogP contribution in [0.3, 0.4) is 0 Å².